The molecule has 1 amide bonds. The molecule has 0 saturated heterocycles. The average molecular weight is 540 g/mol. The molecule has 0 atom stereocenters. The first-order valence-corrected chi connectivity index (χ1v) is 13.1. The number of hydrogen-bond acceptors (Lipinski definition) is 7. The van der Waals surface area contributed by atoms with Gasteiger partial charge in [0.1, 0.15) is 10.6 Å². The largest absolute Gasteiger partial charge is 0.422 e. The van der Waals surface area contributed by atoms with Crippen molar-refractivity contribution in [2.75, 3.05) is 4.72 Å². The van der Waals surface area contributed by atoms with Crippen LogP contribution in [0.1, 0.15) is 25.6 Å². The minimum Gasteiger partial charge on any atom is -0.422 e. The third-order valence-electron chi connectivity index (χ3n) is 4.72. The lowest BCUT2D eigenvalue weighted by Gasteiger charge is -2.09. The Labute approximate surface area is 216 Å². The summed E-state index contributed by atoms with van der Waals surface area (Å²) in [6.07, 6.45) is 1.44. The van der Waals surface area contributed by atoms with E-state index in [9.17, 15) is 18.0 Å². The highest BCUT2D eigenvalue weighted by atomic mass is 35.5. The number of sulfonamides is 1. The van der Waals surface area contributed by atoms with Crippen LogP contribution in [0.25, 0.3) is 0 Å². The third-order valence-corrected chi connectivity index (χ3v) is 7.22. The van der Waals surface area contributed by atoms with Crippen molar-refractivity contribution in [2.45, 2.75) is 4.90 Å². The molecule has 0 saturated carbocycles. The quantitative estimate of drug-likeness (QED) is 0.138. The van der Waals surface area contributed by atoms with Gasteiger partial charge in [0.2, 0.25) is 0 Å². The molecule has 0 fully saturated rings. The van der Waals surface area contributed by atoms with Crippen LogP contribution in [0.5, 0.6) is 5.75 Å². The van der Waals surface area contributed by atoms with Gasteiger partial charge in [-0.25, -0.2) is 18.6 Å². The van der Waals surface area contributed by atoms with Crippen molar-refractivity contribution in [1.29, 1.82) is 0 Å². The zero-order valence-electron chi connectivity index (χ0n) is 18.4. The van der Waals surface area contributed by atoms with Crippen LogP contribution in [0.2, 0.25) is 5.02 Å². The maximum Gasteiger partial charge on any atom is 0.353 e. The fourth-order valence-electron chi connectivity index (χ4n) is 2.92. The van der Waals surface area contributed by atoms with E-state index in [1.807, 2.05) is 0 Å². The minimum absolute atomic E-state index is 0.0664. The molecule has 182 valence electrons. The summed E-state index contributed by atoms with van der Waals surface area (Å²) >= 11 is 7.10. The SMILES string of the molecule is O=C(N/N=C/c1ccc(OC(=O)c2cccs2)cc1)c1ccc(NS(=O)(=O)c2ccc(Cl)cc2)cc1. The summed E-state index contributed by atoms with van der Waals surface area (Å²) in [5, 5.41) is 6.15. The highest BCUT2D eigenvalue weighted by Gasteiger charge is 2.14. The second-order valence-corrected chi connectivity index (χ2v) is 10.3. The van der Waals surface area contributed by atoms with E-state index in [0.717, 1.165) is 0 Å². The first-order valence-electron chi connectivity index (χ1n) is 10.4. The monoisotopic (exact) mass is 539 g/mol. The van der Waals surface area contributed by atoms with Crippen LogP contribution in [0.4, 0.5) is 5.69 Å². The van der Waals surface area contributed by atoms with E-state index in [2.05, 4.69) is 15.2 Å². The molecule has 8 nitrogen and oxygen atoms in total. The number of amides is 1. The van der Waals surface area contributed by atoms with Crippen molar-refractivity contribution in [3.05, 3.63) is 111 Å². The number of anilines is 1. The molecule has 0 bridgehead atoms. The fraction of sp³-hybridized carbons (Fsp3) is 0. The Bertz CT molecular complexity index is 1490. The van der Waals surface area contributed by atoms with Crippen molar-refractivity contribution in [3.63, 3.8) is 0 Å². The summed E-state index contributed by atoms with van der Waals surface area (Å²) in [5.41, 5.74) is 3.67. The number of nitrogens with one attached hydrogen (secondary N) is 2. The maximum atomic E-state index is 12.5. The first kappa shape index (κ1) is 25.1. The number of rotatable bonds is 8. The number of benzene rings is 3. The van der Waals surface area contributed by atoms with E-state index in [4.69, 9.17) is 16.3 Å². The van der Waals surface area contributed by atoms with Crippen molar-refractivity contribution in [3.8, 4) is 5.75 Å². The van der Waals surface area contributed by atoms with E-state index in [0.29, 0.717) is 26.9 Å². The van der Waals surface area contributed by atoms with E-state index < -0.39 is 21.9 Å². The molecular weight excluding hydrogens is 522 g/mol. The number of thiophene rings is 1. The van der Waals surface area contributed by atoms with Crippen LogP contribution in [-0.2, 0) is 10.0 Å². The van der Waals surface area contributed by atoms with E-state index in [1.165, 1.54) is 66.1 Å². The Morgan fingerprint density at radius 3 is 2.25 bits per heavy atom. The van der Waals surface area contributed by atoms with Crippen molar-refractivity contribution in [2.24, 2.45) is 5.10 Å². The van der Waals surface area contributed by atoms with Crippen LogP contribution in [-0.4, -0.2) is 26.5 Å². The molecule has 4 aromatic rings. The van der Waals surface area contributed by atoms with E-state index in [1.54, 1.807) is 41.8 Å². The van der Waals surface area contributed by atoms with Gasteiger partial charge < -0.3 is 4.74 Å². The standard InChI is InChI=1S/C25H18ClN3O5S2/c26-19-7-13-22(14-8-19)36(32,33)29-20-9-5-18(6-10-20)24(30)28-27-16-17-3-11-21(12-4-17)34-25(31)23-2-1-15-35-23/h1-16,29H,(H,28,30)/b27-16+. The Balaban J connectivity index is 1.30. The molecule has 36 heavy (non-hydrogen) atoms. The lowest BCUT2D eigenvalue weighted by atomic mass is 10.2. The molecule has 0 aliphatic rings. The summed E-state index contributed by atoms with van der Waals surface area (Å²) in [4.78, 5) is 24.9. The number of nitrogens with zero attached hydrogens (tertiary/aromatic N) is 1. The fourth-order valence-corrected chi connectivity index (χ4v) is 4.70. The number of carbonyl (C=O) groups is 2. The van der Waals surface area contributed by atoms with Gasteiger partial charge in [0.25, 0.3) is 15.9 Å². The predicted molar refractivity (Wildman–Crippen MR) is 139 cm³/mol. The smallest absolute Gasteiger partial charge is 0.353 e. The minimum atomic E-state index is -3.79. The van der Waals surface area contributed by atoms with E-state index >= 15 is 0 Å². The van der Waals surface area contributed by atoms with Gasteiger partial charge in [0.15, 0.2) is 0 Å². The van der Waals surface area contributed by atoms with Crippen LogP contribution in [0.3, 0.4) is 0 Å². The molecular formula is C25H18ClN3O5S2. The average Bonchev–Trinajstić information content (AvgIpc) is 3.41. The highest BCUT2D eigenvalue weighted by molar-refractivity contribution is 7.92. The molecule has 1 heterocycles. The van der Waals surface area contributed by atoms with Gasteiger partial charge in [-0.3, -0.25) is 9.52 Å². The molecule has 3 aromatic carbocycles. The summed E-state index contributed by atoms with van der Waals surface area (Å²) in [5.74, 6) is -0.510. The third kappa shape index (κ3) is 6.57. The molecule has 0 unspecified atom stereocenters. The Kier molecular flexibility index (Phi) is 7.79. The van der Waals surface area contributed by atoms with Gasteiger partial charge in [-0.2, -0.15) is 5.10 Å². The number of hydrazone groups is 1. The van der Waals surface area contributed by atoms with Gasteiger partial charge in [0, 0.05) is 16.3 Å². The van der Waals surface area contributed by atoms with Gasteiger partial charge >= 0.3 is 5.97 Å². The summed E-state index contributed by atoms with van der Waals surface area (Å²) in [6.45, 7) is 0. The van der Waals surface area contributed by atoms with E-state index in [-0.39, 0.29) is 10.5 Å². The Morgan fingerprint density at radius 1 is 0.917 bits per heavy atom. The molecule has 4 rings (SSSR count). The van der Waals surface area contributed by atoms with Crippen LogP contribution < -0.4 is 14.9 Å². The van der Waals surface area contributed by atoms with Gasteiger partial charge in [-0.05, 0) is 89.8 Å². The van der Waals surface area contributed by atoms with Crippen LogP contribution >= 0.6 is 22.9 Å². The molecule has 0 aliphatic heterocycles. The van der Waals surface area contributed by atoms with Gasteiger partial charge in [0.05, 0.1) is 11.1 Å². The van der Waals surface area contributed by atoms with Gasteiger partial charge in [-0.1, -0.05) is 17.7 Å². The Hall–Kier alpha value is -3.99. The molecule has 0 aliphatic carbocycles. The zero-order chi connectivity index (χ0) is 25.5. The number of carbonyl (C=O) groups excluding carboxylic acids is 2. The van der Waals surface area contributed by atoms with Crippen LogP contribution in [0.15, 0.2) is 100 Å². The van der Waals surface area contributed by atoms with Crippen molar-refractivity contribution in [1.82, 2.24) is 5.43 Å². The predicted octanol–water partition coefficient (Wildman–Crippen LogP) is 5.19. The highest BCUT2D eigenvalue weighted by Crippen LogP contribution is 2.19. The number of ether oxygens (including phenoxy) is 1. The van der Waals surface area contributed by atoms with Crippen molar-refractivity contribution < 1.29 is 22.7 Å². The van der Waals surface area contributed by atoms with Gasteiger partial charge in [-0.15, -0.1) is 11.3 Å². The number of esters is 1. The first-order chi connectivity index (χ1) is 17.3. The number of halogens is 1. The normalized spacial score (nSPS) is 11.2. The Morgan fingerprint density at radius 2 is 1.61 bits per heavy atom. The summed E-state index contributed by atoms with van der Waals surface area (Å²) in [6, 6.07) is 21.7. The summed E-state index contributed by atoms with van der Waals surface area (Å²) in [7, 11) is -3.79. The molecule has 11 heteroatoms. The molecule has 0 spiro atoms. The topological polar surface area (TPSA) is 114 Å². The molecule has 0 radical (unpaired) electrons. The molecule has 2 N–H and O–H groups in total. The second-order valence-electron chi connectivity index (χ2n) is 7.27. The summed E-state index contributed by atoms with van der Waals surface area (Å²) < 4.78 is 32.7. The maximum absolute atomic E-state index is 12.5. The number of hydrogen-bond donors (Lipinski definition) is 2. The lowest BCUT2D eigenvalue weighted by molar-refractivity contribution is 0.0739. The zero-order valence-corrected chi connectivity index (χ0v) is 20.8. The second kappa shape index (κ2) is 11.2. The lowest BCUT2D eigenvalue weighted by Crippen LogP contribution is -2.18. The van der Waals surface area contributed by atoms with Crippen molar-refractivity contribution >= 4 is 56.7 Å². The van der Waals surface area contributed by atoms with Crippen LogP contribution in [0, 0.1) is 0 Å². The molecule has 1 aromatic heterocycles.